The van der Waals surface area contributed by atoms with E-state index in [1.165, 1.54) is 12.1 Å². The Labute approximate surface area is 175 Å². The van der Waals surface area contributed by atoms with Crippen molar-refractivity contribution in [3.05, 3.63) is 47.8 Å². The minimum Gasteiger partial charge on any atom is -0.493 e. The summed E-state index contributed by atoms with van der Waals surface area (Å²) in [7, 11) is 3.18. The number of anilines is 2. The Morgan fingerprint density at radius 1 is 0.967 bits per heavy atom. The standard InChI is InChI=1S/C22H26FN5O2/c1-29-19-12-17-18(13-20(19)30-2)25-22(26-21(17)24)28-9-3-8-27(10-11-28)14-15-4-6-16(23)7-5-15/h4-7,12-13H,3,8-11,14H2,1-2H3,(H2,24,25,26). The number of hydrogen-bond acceptors (Lipinski definition) is 7. The van der Waals surface area contributed by atoms with Gasteiger partial charge in [0.2, 0.25) is 5.95 Å². The maximum atomic E-state index is 13.1. The van der Waals surface area contributed by atoms with Crippen LogP contribution in [0, 0.1) is 5.82 Å². The average molecular weight is 411 g/mol. The quantitative estimate of drug-likeness (QED) is 0.691. The summed E-state index contributed by atoms with van der Waals surface area (Å²) in [6.07, 6.45) is 0.981. The van der Waals surface area contributed by atoms with Crippen LogP contribution in [0.3, 0.4) is 0 Å². The maximum absolute atomic E-state index is 13.1. The number of halogens is 1. The van der Waals surface area contributed by atoms with E-state index >= 15 is 0 Å². The third kappa shape index (κ3) is 4.23. The number of nitrogens with two attached hydrogens (primary N) is 1. The van der Waals surface area contributed by atoms with Crippen molar-refractivity contribution >= 4 is 22.7 Å². The van der Waals surface area contributed by atoms with Crippen LogP contribution in [0.5, 0.6) is 11.5 Å². The van der Waals surface area contributed by atoms with Gasteiger partial charge in [-0.15, -0.1) is 0 Å². The number of ether oxygens (including phenoxy) is 2. The van der Waals surface area contributed by atoms with Gasteiger partial charge in [0.1, 0.15) is 11.6 Å². The molecule has 1 aliphatic rings. The van der Waals surface area contributed by atoms with Crippen LogP contribution in [-0.4, -0.2) is 55.3 Å². The summed E-state index contributed by atoms with van der Waals surface area (Å²) in [4.78, 5) is 13.8. The van der Waals surface area contributed by atoms with E-state index in [2.05, 4.69) is 14.8 Å². The largest absolute Gasteiger partial charge is 0.493 e. The molecular formula is C22H26FN5O2. The van der Waals surface area contributed by atoms with Crippen molar-refractivity contribution in [1.29, 1.82) is 0 Å². The van der Waals surface area contributed by atoms with E-state index in [1.54, 1.807) is 20.3 Å². The molecule has 158 valence electrons. The van der Waals surface area contributed by atoms with Gasteiger partial charge in [0.15, 0.2) is 11.5 Å². The first kappa shape index (κ1) is 20.2. The zero-order chi connectivity index (χ0) is 21.1. The molecule has 0 atom stereocenters. The van der Waals surface area contributed by atoms with E-state index in [0.717, 1.165) is 55.6 Å². The molecular weight excluding hydrogens is 385 g/mol. The van der Waals surface area contributed by atoms with Crippen LogP contribution in [0.1, 0.15) is 12.0 Å². The first-order valence-corrected chi connectivity index (χ1v) is 9.98. The SMILES string of the molecule is COc1cc2nc(N3CCCN(Cc4ccc(F)cc4)CC3)nc(N)c2cc1OC. The van der Waals surface area contributed by atoms with E-state index in [-0.39, 0.29) is 5.82 Å². The van der Waals surface area contributed by atoms with Crippen LogP contribution in [0.2, 0.25) is 0 Å². The van der Waals surface area contributed by atoms with Crippen LogP contribution in [-0.2, 0) is 6.54 Å². The van der Waals surface area contributed by atoms with Crippen LogP contribution in [0.25, 0.3) is 10.9 Å². The highest BCUT2D eigenvalue weighted by Gasteiger charge is 2.19. The normalized spacial score (nSPS) is 15.2. The van der Waals surface area contributed by atoms with E-state index in [4.69, 9.17) is 20.2 Å². The summed E-state index contributed by atoms with van der Waals surface area (Å²) in [5.41, 5.74) is 8.08. The van der Waals surface area contributed by atoms with Gasteiger partial charge in [0.25, 0.3) is 0 Å². The summed E-state index contributed by atoms with van der Waals surface area (Å²) in [5, 5.41) is 0.740. The molecule has 3 aromatic rings. The van der Waals surface area contributed by atoms with Gasteiger partial charge in [-0.05, 0) is 30.2 Å². The minimum absolute atomic E-state index is 0.207. The maximum Gasteiger partial charge on any atom is 0.227 e. The summed E-state index contributed by atoms with van der Waals surface area (Å²) in [6.45, 7) is 4.26. The molecule has 30 heavy (non-hydrogen) atoms. The lowest BCUT2D eigenvalue weighted by Gasteiger charge is -2.22. The molecule has 0 aliphatic carbocycles. The molecule has 0 radical (unpaired) electrons. The Bertz CT molecular complexity index is 1030. The average Bonchev–Trinajstić information content (AvgIpc) is 3.00. The predicted octanol–water partition coefficient (Wildman–Crippen LogP) is 3.08. The third-order valence-electron chi connectivity index (χ3n) is 5.41. The smallest absolute Gasteiger partial charge is 0.227 e. The van der Waals surface area contributed by atoms with Crippen molar-refractivity contribution in [3.63, 3.8) is 0 Å². The molecule has 1 aromatic heterocycles. The van der Waals surface area contributed by atoms with Crippen LogP contribution in [0.4, 0.5) is 16.2 Å². The van der Waals surface area contributed by atoms with Crippen molar-refractivity contribution in [2.45, 2.75) is 13.0 Å². The molecule has 1 aliphatic heterocycles. The zero-order valence-electron chi connectivity index (χ0n) is 17.3. The molecule has 1 saturated heterocycles. The number of methoxy groups -OCH3 is 2. The second-order valence-electron chi connectivity index (χ2n) is 7.38. The monoisotopic (exact) mass is 411 g/mol. The van der Waals surface area contributed by atoms with E-state index < -0.39 is 0 Å². The fourth-order valence-electron chi connectivity index (χ4n) is 3.79. The van der Waals surface area contributed by atoms with E-state index in [0.29, 0.717) is 23.3 Å². The highest BCUT2D eigenvalue weighted by atomic mass is 19.1. The van der Waals surface area contributed by atoms with Crippen molar-refractivity contribution < 1.29 is 13.9 Å². The second-order valence-corrected chi connectivity index (χ2v) is 7.38. The third-order valence-corrected chi connectivity index (χ3v) is 5.41. The summed E-state index contributed by atoms with van der Waals surface area (Å²) < 4.78 is 23.9. The van der Waals surface area contributed by atoms with E-state index in [9.17, 15) is 4.39 Å². The lowest BCUT2D eigenvalue weighted by molar-refractivity contribution is 0.285. The highest BCUT2D eigenvalue weighted by Crippen LogP contribution is 2.34. The molecule has 4 rings (SSSR count). The summed E-state index contributed by atoms with van der Waals surface area (Å²) in [5.74, 6) is 2.04. The summed E-state index contributed by atoms with van der Waals surface area (Å²) >= 11 is 0. The fourth-order valence-corrected chi connectivity index (χ4v) is 3.79. The van der Waals surface area contributed by atoms with Gasteiger partial charge < -0.3 is 20.1 Å². The Kier molecular flexibility index (Phi) is 5.85. The first-order valence-electron chi connectivity index (χ1n) is 9.98. The summed E-state index contributed by atoms with van der Waals surface area (Å²) in [6, 6.07) is 10.3. The molecule has 1 fully saturated rings. The number of benzene rings is 2. The zero-order valence-corrected chi connectivity index (χ0v) is 17.3. The van der Waals surface area contributed by atoms with Crippen LogP contribution in [0.15, 0.2) is 36.4 Å². The van der Waals surface area contributed by atoms with Gasteiger partial charge in [0.05, 0.1) is 19.7 Å². The van der Waals surface area contributed by atoms with Gasteiger partial charge in [-0.2, -0.15) is 4.98 Å². The minimum atomic E-state index is -0.207. The lowest BCUT2D eigenvalue weighted by Crippen LogP contribution is -2.31. The highest BCUT2D eigenvalue weighted by molar-refractivity contribution is 5.91. The van der Waals surface area contributed by atoms with Crippen molar-refractivity contribution in [2.75, 3.05) is 51.0 Å². The molecule has 2 heterocycles. The van der Waals surface area contributed by atoms with Gasteiger partial charge in [-0.25, -0.2) is 9.37 Å². The van der Waals surface area contributed by atoms with Gasteiger partial charge in [-0.3, -0.25) is 4.90 Å². The van der Waals surface area contributed by atoms with Gasteiger partial charge in [0, 0.05) is 44.2 Å². The molecule has 0 bridgehead atoms. The number of aromatic nitrogens is 2. The number of rotatable bonds is 5. The van der Waals surface area contributed by atoms with Crippen molar-refractivity contribution in [1.82, 2.24) is 14.9 Å². The number of hydrogen-bond donors (Lipinski definition) is 1. The predicted molar refractivity (Wildman–Crippen MR) is 116 cm³/mol. The Morgan fingerprint density at radius 3 is 2.43 bits per heavy atom. The second kappa shape index (κ2) is 8.71. The molecule has 7 nitrogen and oxygen atoms in total. The van der Waals surface area contributed by atoms with Crippen LogP contribution < -0.4 is 20.1 Å². The Hall–Kier alpha value is -3.13. The van der Waals surface area contributed by atoms with E-state index in [1.807, 2.05) is 18.2 Å². The fraction of sp³-hybridized carbons (Fsp3) is 0.364. The van der Waals surface area contributed by atoms with Crippen LogP contribution >= 0.6 is 0 Å². The number of nitrogen functional groups attached to an aromatic ring is 1. The molecule has 0 amide bonds. The van der Waals surface area contributed by atoms with Gasteiger partial charge >= 0.3 is 0 Å². The number of fused-ring (bicyclic) bond motifs is 1. The molecule has 0 saturated carbocycles. The Balaban J connectivity index is 1.52. The molecule has 0 unspecified atom stereocenters. The number of nitrogens with zero attached hydrogens (tertiary/aromatic N) is 4. The lowest BCUT2D eigenvalue weighted by atomic mass is 10.2. The topological polar surface area (TPSA) is 76.7 Å². The van der Waals surface area contributed by atoms with Crippen molar-refractivity contribution in [2.24, 2.45) is 0 Å². The Morgan fingerprint density at radius 2 is 1.70 bits per heavy atom. The molecule has 0 spiro atoms. The molecule has 2 aromatic carbocycles. The van der Waals surface area contributed by atoms with Crippen molar-refractivity contribution in [3.8, 4) is 11.5 Å². The van der Waals surface area contributed by atoms with Gasteiger partial charge in [-0.1, -0.05) is 12.1 Å². The molecule has 8 heteroatoms. The molecule has 2 N–H and O–H groups in total. The first-order chi connectivity index (χ1) is 14.6.